The third-order valence-corrected chi connectivity index (χ3v) is 5.41. The predicted octanol–water partition coefficient (Wildman–Crippen LogP) is 5.42. The number of nitrogens with one attached hydrogen (secondary N) is 1. The van der Waals surface area contributed by atoms with E-state index >= 15 is 0 Å². The minimum atomic E-state index is -0.0848. The molecule has 0 aliphatic rings. The van der Waals surface area contributed by atoms with Crippen molar-refractivity contribution in [2.24, 2.45) is 0 Å². The van der Waals surface area contributed by atoms with Gasteiger partial charge in [-0.2, -0.15) is 0 Å². The molecule has 0 aliphatic carbocycles. The number of pyridine rings is 1. The number of nitrogens with zero attached hydrogens (tertiary/aromatic N) is 2. The first-order valence-electron chi connectivity index (χ1n) is 9.87. The van der Waals surface area contributed by atoms with Crippen molar-refractivity contribution in [2.75, 3.05) is 5.32 Å². The quantitative estimate of drug-likeness (QED) is 0.500. The summed E-state index contributed by atoms with van der Waals surface area (Å²) in [5.74, 6) is -0.0943. The van der Waals surface area contributed by atoms with Gasteiger partial charge in [-0.3, -0.25) is 4.79 Å². The maximum Gasteiger partial charge on any atom is 0.225 e. The second kappa shape index (κ2) is 7.92. The van der Waals surface area contributed by atoms with E-state index in [9.17, 15) is 4.79 Å². The highest BCUT2D eigenvalue weighted by Gasteiger charge is 2.23. The van der Waals surface area contributed by atoms with Crippen LogP contribution in [0.1, 0.15) is 40.3 Å². The Morgan fingerprint density at radius 3 is 2.45 bits per heavy atom. The van der Waals surface area contributed by atoms with Gasteiger partial charge in [0, 0.05) is 30.4 Å². The van der Waals surface area contributed by atoms with Gasteiger partial charge in [0.2, 0.25) is 5.91 Å². The summed E-state index contributed by atoms with van der Waals surface area (Å²) in [6.45, 7) is 6.18. The van der Waals surface area contributed by atoms with Gasteiger partial charge in [-0.05, 0) is 55.7 Å². The zero-order valence-electron chi connectivity index (χ0n) is 17.0. The molecule has 1 atom stereocenters. The van der Waals surface area contributed by atoms with Crippen molar-refractivity contribution in [2.45, 2.75) is 33.1 Å². The molecule has 2 heterocycles. The molecular weight excluding hydrogens is 358 g/mol. The highest BCUT2D eigenvalue weighted by Crippen LogP contribution is 2.31. The van der Waals surface area contributed by atoms with Crippen LogP contribution in [0.15, 0.2) is 73.1 Å². The van der Waals surface area contributed by atoms with Gasteiger partial charge in [0.25, 0.3) is 0 Å². The maximum absolute atomic E-state index is 12.9. The minimum Gasteiger partial charge on any atom is -0.326 e. The zero-order valence-corrected chi connectivity index (χ0v) is 17.0. The molecule has 2 aromatic heterocycles. The summed E-state index contributed by atoms with van der Waals surface area (Å²) < 4.78 is 2.10. The van der Waals surface area contributed by atoms with Crippen LogP contribution in [-0.2, 0) is 4.79 Å². The number of aryl methyl sites for hydroxylation is 3. The summed E-state index contributed by atoms with van der Waals surface area (Å²) in [6, 6.07) is 20.2. The number of anilines is 1. The van der Waals surface area contributed by atoms with Crippen LogP contribution in [0.2, 0.25) is 0 Å². The Morgan fingerprint density at radius 2 is 1.69 bits per heavy atom. The largest absolute Gasteiger partial charge is 0.326 e. The van der Waals surface area contributed by atoms with Gasteiger partial charge < -0.3 is 9.72 Å². The molecule has 146 valence electrons. The molecule has 1 amide bonds. The SMILES string of the molecule is Cc1ccc(NC(=O)CC(c2ccccc2C)c2cnc3c(C)cccn23)cc1. The number of benzene rings is 2. The number of carbonyl (C=O) groups is 1. The Balaban J connectivity index is 1.71. The average molecular weight is 383 g/mol. The number of imidazole rings is 1. The molecule has 1 unspecified atom stereocenters. The Bertz CT molecular complexity index is 1160. The fourth-order valence-corrected chi connectivity index (χ4v) is 3.81. The molecule has 4 aromatic rings. The third kappa shape index (κ3) is 3.92. The lowest BCUT2D eigenvalue weighted by molar-refractivity contribution is -0.116. The number of rotatable bonds is 5. The van der Waals surface area contributed by atoms with Gasteiger partial charge in [-0.1, -0.05) is 48.0 Å². The molecule has 4 nitrogen and oxygen atoms in total. The van der Waals surface area contributed by atoms with Crippen molar-refractivity contribution >= 4 is 17.2 Å². The van der Waals surface area contributed by atoms with E-state index in [4.69, 9.17) is 0 Å². The molecule has 0 bridgehead atoms. The van der Waals surface area contributed by atoms with Gasteiger partial charge in [-0.25, -0.2) is 4.98 Å². The zero-order chi connectivity index (χ0) is 20.4. The standard InChI is InChI=1S/C25H25N3O/c1-17-10-12-20(13-11-17)27-24(29)15-22(21-9-5-4-7-18(21)2)23-16-26-25-19(3)8-6-14-28(23)25/h4-14,16,22H,15H2,1-3H3,(H,27,29). The molecule has 0 saturated heterocycles. The lowest BCUT2D eigenvalue weighted by Gasteiger charge is -2.19. The van der Waals surface area contributed by atoms with E-state index in [1.807, 2.05) is 61.8 Å². The monoisotopic (exact) mass is 383 g/mol. The molecule has 1 N–H and O–H groups in total. The van der Waals surface area contributed by atoms with Crippen LogP contribution in [0.4, 0.5) is 5.69 Å². The Morgan fingerprint density at radius 1 is 0.966 bits per heavy atom. The van der Waals surface area contributed by atoms with E-state index in [1.165, 1.54) is 11.1 Å². The topological polar surface area (TPSA) is 46.4 Å². The van der Waals surface area contributed by atoms with Crippen LogP contribution in [0, 0.1) is 20.8 Å². The molecule has 2 aromatic carbocycles. The van der Waals surface area contributed by atoms with Crippen molar-refractivity contribution in [1.29, 1.82) is 0 Å². The molecule has 0 fully saturated rings. The molecule has 4 heteroatoms. The van der Waals surface area contributed by atoms with Crippen molar-refractivity contribution in [1.82, 2.24) is 9.38 Å². The van der Waals surface area contributed by atoms with E-state index in [0.717, 1.165) is 28.2 Å². The maximum atomic E-state index is 12.9. The van der Waals surface area contributed by atoms with Crippen LogP contribution < -0.4 is 5.32 Å². The Labute approximate surface area is 171 Å². The first-order chi connectivity index (χ1) is 14.0. The summed E-state index contributed by atoms with van der Waals surface area (Å²) in [5.41, 5.74) is 7.38. The van der Waals surface area contributed by atoms with Crippen molar-refractivity contribution < 1.29 is 4.79 Å². The molecule has 29 heavy (non-hydrogen) atoms. The van der Waals surface area contributed by atoms with Crippen LogP contribution >= 0.6 is 0 Å². The number of amides is 1. The Kier molecular flexibility index (Phi) is 5.17. The highest BCUT2D eigenvalue weighted by atomic mass is 16.1. The van der Waals surface area contributed by atoms with Gasteiger partial charge in [0.05, 0.1) is 5.69 Å². The van der Waals surface area contributed by atoms with Crippen molar-refractivity contribution in [3.63, 3.8) is 0 Å². The van der Waals surface area contributed by atoms with Crippen LogP contribution in [0.3, 0.4) is 0 Å². The highest BCUT2D eigenvalue weighted by molar-refractivity contribution is 5.91. The minimum absolute atomic E-state index is 0.00953. The summed E-state index contributed by atoms with van der Waals surface area (Å²) in [7, 11) is 0. The van der Waals surface area contributed by atoms with Gasteiger partial charge in [0.15, 0.2) is 0 Å². The molecule has 4 rings (SSSR count). The van der Waals surface area contributed by atoms with Crippen LogP contribution in [0.5, 0.6) is 0 Å². The normalized spacial score (nSPS) is 12.1. The molecule has 0 spiro atoms. The first kappa shape index (κ1) is 18.9. The van der Waals surface area contributed by atoms with E-state index in [2.05, 4.69) is 46.7 Å². The van der Waals surface area contributed by atoms with E-state index in [0.29, 0.717) is 6.42 Å². The van der Waals surface area contributed by atoms with Crippen molar-refractivity contribution in [3.8, 4) is 0 Å². The lowest BCUT2D eigenvalue weighted by atomic mass is 9.89. The number of carbonyl (C=O) groups excluding carboxylic acids is 1. The average Bonchev–Trinajstić information content (AvgIpc) is 3.14. The van der Waals surface area contributed by atoms with Crippen LogP contribution in [-0.4, -0.2) is 15.3 Å². The van der Waals surface area contributed by atoms with Crippen molar-refractivity contribution in [3.05, 3.63) is 101 Å². The Hall–Kier alpha value is -3.40. The van der Waals surface area contributed by atoms with Gasteiger partial charge in [-0.15, -0.1) is 0 Å². The van der Waals surface area contributed by atoms with E-state index < -0.39 is 0 Å². The second-order valence-electron chi connectivity index (χ2n) is 7.60. The second-order valence-corrected chi connectivity index (χ2v) is 7.60. The number of aromatic nitrogens is 2. The summed E-state index contributed by atoms with van der Waals surface area (Å²) in [4.78, 5) is 17.6. The smallest absolute Gasteiger partial charge is 0.225 e. The fourth-order valence-electron chi connectivity index (χ4n) is 3.81. The predicted molar refractivity (Wildman–Crippen MR) is 117 cm³/mol. The molecule has 0 aliphatic heterocycles. The first-order valence-corrected chi connectivity index (χ1v) is 9.87. The van der Waals surface area contributed by atoms with Gasteiger partial charge in [0.1, 0.15) is 5.65 Å². The van der Waals surface area contributed by atoms with Crippen LogP contribution in [0.25, 0.3) is 5.65 Å². The summed E-state index contributed by atoms with van der Waals surface area (Å²) in [6.07, 6.45) is 4.27. The molecule has 0 radical (unpaired) electrons. The summed E-state index contributed by atoms with van der Waals surface area (Å²) >= 11 is 0. The molecular formula is C25H25N3O. The lowest BCUT2D eigenvalue weighted by Crippen LogP contribution is -2.18. The number of hydrogen-bond acceptors (Lipinski definition) is 2. The van der Waals surface area contributed by atoms with E-state index in [1.54, 1.807) is 0 Å². The summed E-state index contributed by atoms with van der Waals surface area (Å²) in [5, 5.41) is 3.04. The number of fused-ring (bicyclic) bond motifs is 1. The third-order valence-electron chi connectivity index (χ3n) is 5.41. The van der Waals surface area contributed by atoms with E-state index in [-0.39, 0.29) is 11.8 Å². The fraction of sp³-hybridized carbons (Fsp3) is 0.200. The molecule has 0 saturated carbocycles. The van der Waals surface area contributed by atoms with Gasteiger partial charge >= 0.3 is 0 Å². The number of hydrogen-bond donors (Lipinski definition) is 1.